The van der Waals surface area contributed by atoms with Crippen LogP contribution in [0.2, 0.25) is 0 Å². The van der Waals surface area contributed by atoms with Crippen molar-refractivity contribution in [2.45, 2.75) is 52.1 Å². The van der Waals surface area contributed by atoms with E-state index in [-0.39, 0.29) is 18.0 Å². The van der Waals surface area contributed by atoms with Crippen LogP contribution in [0.3, 0.4) is 0 Å². The van der Waals surface area contributed by atoms with E-state index in [0.717, 1.165) is 6.42 Å². The van der Waals surface area contributed by atoms with Crippen LogP contribution in [0.25, 0.3) is 0 Å². The van der Waals surface area contributed by atoms with Crippen molar-refractivity contribution in [3.05, 3.63) is 0 Å². The number of ether oxygens (including phenoxy) is 2. The second-order valence-electron chi connectivity index (χ2n) is 3.59. The topological polar surface area (TPSA) is 35.5 Å². The molecule has 0 aromatic heterocycles. The highest BCUT2D eigenvalue weighted by Crippen LogP contribution is 2.27. The van der Waals surface area contributed by atoms with Crippen molar-refractivity contribution in [3.63, 3.8) is 0 Å². The molecule has 1 saturated heterocycles. The second-order valence-corrected chi connectivity index (χ2v) is 3.59. The van der Waals surface area contributed by atoms with E-state index in [0.29, 0.717) is 0 Å². The van der Waals surface area contributed by atoms with Crippen molar-refractivity contribution in [2.24, 2.45) is 0 Å². The van der Waals surface area contributed by atoms with Gasteiger partial charge in [-0.15, -0.1) is 0 Å². The highest BCUT2D eigenvalue weighted by molar-refractivity contribution is 5.83. The fourth-order valence-electron chi connectivity index (χ4n) is 1.53. The molecule has 0 spiro atoms. The Hall–Kier alpha value is -0.410. The van der Waals surface area contributed by atoms with Crippen molar-refractivity contribution in [3.8, 4) is 0 Å². The van der Waals surface area contributed by atoms with Gasteiger partial charge in [0.1, 0.15) is 0 Å². The van der Waals surface area contributed by atoms with E-state index in [1.165, 1.54) is 6.92 Å². The number of hydrogen-bond donors (Lipinski definition) is 0. The molecule has 0 aliphatic carbocycles. The third kappa shape index (κ3) is 1.84. The van der Waals surface area contributed by atoms with Gasteiger partial charge in [-0.2, -0.15) is 0 Å². The number of rotatable bonds is 1. The summed E-state index contributed by atoms with van der Waals surface area (Å²) in [5.74, 6) is -1.09. The van der Waals surface area contributed by atoms with E-state index in [9.17, 15) is 4.79 Å². The second kappa shape index (κ2) is 3.15. The quantitative estimate of drug-likeness (QED) is 0.601. The molecule has 0 radical (unpaired) electrons. The Labute approximate surface area is 73.0 Å². The molecule has 0 amide bonds. The number of carbonyl (C=O) groups is 1. The van der Waals surface area contributed by atoms with E-state index < -0.39 is 5.79 Å². The van der Waals surface area contributed by atoms with Gasteiger partial charge in [-0.1, -0.05) is 0 Å². The lowest BCUT2D eigenvalue weighted by atomic mass is 10.1. The number of carbonyl (C=O) groups excluding carboxylic acids is 1. The average Bonchev–Trinajstić information content (AvgIpc) is 1.82. The van der Waals surface area contributed by atoms with Crippen LogP contribution in [-0.4, -0.2) is 23.8 Å². The minimum absolute atomic E-state index is 0.0686. The highest BCUT2D eigenvalue weighted by Gasteiger charge is 2.39. The van der Waals surface area contributed by atoms with Gasteiger partial charge < -0.3 is 9.47 Å². The monoisotopic (exact) mass is 172 g/mol. The van der Waals surface area contributed by atoms with Gasteiger partial charge >= 0.3 is 0 Å². The first-order valence-corrected chi connectivity index (χ1v) is 4.30. The first-order chi connectivity index (χ1) is 5.44. The fourth-order valence-corrected chi connectivity index (χ4v) is 1.53. The molecule has 0 aromatic carbocycles. The highest BCUT2D eigenvalue weighted by atomic mass is 16.7. The van der Waals surface area contributed by atoms with Gasteiger partial charge in [0.15, 0.2) is 5.78 Å². The van der Waals surface area contributed by atoms with Gasteiger partial charge in [-0.05, 0) is 27.2 Å². The van der Waals surface area contributed by atoms with Crippen LogP contribution in [0.1, 0.15) is 34.1 Å². The fraction of sp³-hybridized carbons (Fsp3) is 0.889. The van der Waals surface area contributed by atoms with Crippen LogP contribution < -0.4 is 0 Å². The minimum Gasteiger partial charge on any atom is -0.341 e. The summed E-state index contributed by atoms with van der Waals surface area (Å²) in [5.41, 5.74) is 0. The smallest absolute Gasteiger partial charge is 0.226 e. The predicted molar refractivity (Wildman–Crippen MR) is 44.8 cm³/mol. The molecule has 0 unspecified atom stereocenters. The molecular weight excluding hydrogens is 156 g/mol. The molecule has 1 fully saturated rings. The SMILES string of the molecule is CC(=O)C1(C)O[C@H](C)C[C@@H](C)O1. The van der Waals surface area contributed by atoms with Crippen molar-refractivity contribution >= 4 is 5.78 Å². The van der Waals surface area contributed by atoms with E-state index in [1.54, 1.807) is 6.92 Å². The van der Waals surface area contributed by atoms with Crippen LogP contribution >= 0.6 is 0 Å². The lowest BCUT2D eigenvalue weighted by molar-refractivity contribution is -0.284. The van der Waals surface area contributed by atoms with Crippen molar-refractivity contribution < 1.29 is 14.3 Å². The zero-order chi connectivity index (χ0) is 9.35. The van der Waals surface area contributed by atoms with E-state index in [2.05, 4.69) is 0 Å². The Morgan fingerprint density at radius 1 is 1.33 bits per heavy atom. The summed E-state index contributed by atoms with van der Waals surface area (Å²) >= 11 is 0. The van der Waals surface area contributed by atoms with Gasteiger partial charge in [-0.3, -0.25) is 4.79 Å². The zero-order valence-corrected chi connectivity index (χ0v) is 8.09. The number of ketones is 1. The van der Waals surface area contributed by atoms with Gasteiger partial charge in [0.05, 0.1) is 12.2 Å². The Balaban J connectivity index is 2.71. The molecule has 2 atom stereocenters. The Morgan fingerprint density at radius 2 is 1.75 bits per heavy atom. The average molecular weight is 172 g/mol. The van der Waals surface area contributed by atoms with E-state index >= 15 is 0 Å². The van der Waals surface area contributed by atoms with Crippen LogP contribution in [-0.2, 0) is 14.3 Å². The van der Waals surface area contributed by atoms with Crippen LogP contribution in [0, 0.1) is 0 Å². The summed E-state index contributed by atoms with van der Waals surface area (Å²) < 4.78 is 10.9. The van der Waals surface area contributed by atoms with Gasteiger partial charge in [0, 0.05) is 6.92 Å². The van der Waals surface area contributed by atoms with E-state index in [1.807, 2.05) is 13.8 Å². The molecule has 1 aliphatic rings. The summed E-state index contributed by atoms with van der Waals surface area (Å²) in [5, 5.41) is 0. The first kappa shape index (κ1) is 9.68. The number of hydrogen-bond acceptors (Lipinski definition) is 3. The normalized spacial score (nSPS) is 42.7. The zero-order valence-electron chi connectivity index (χ0n) is 8.09. The Bertz CT molecular complexity index is 178. The molecule has 3 nitrogen and oxygen atoms in total. The molecule has 1 rings (SSSR count). The molecule has 3 heteroatoms. The summed E-state index contributed by atoms with van der Waals surface area (Å²) in [7, 11) is 0. The van der Waals surface area contributed by atoms with Gasteiger partial charge in [0.2, 0.25) is 5.79 Å². The van der Waals surface area contributed by atoms with E-state index in [4.69, 9.17) is 9.47 Å². The largest absolute Gasteiger partial charge is 0.341 e. The maximum absolute atomic E-state index is 11.2. The van der Waals surface area contributed by atoms with Crippen LogP contribution in [0.15, 0.2) is 0 Å². The Morgan fingerprint density at radius 3 is 2.08 bits per heavy atom. The van der Waals surface area contributed by atoms with Crippen molar-refractivity contribution in [1.82, 2.24) is 0 Å². The summed E-state index contributed by atoms with van der Waals surface area (Å²) in [6, 6.07) is 0. The minimum atomic E-state index is -1.02. The lowest BCUT2D eigenvalue weighted by Gasteiger charge is -2.38. The third-order valence-electron chi connectivity index (χ3n) is 2.16. The molecule has 0 saturated carbocycles. The van der Waals surface area contributed by atoms with Crippen molar-refractivity contribution in [1.29, 1.82) is 0 Å². The molecule has 1 heterocycles. The predicted octanol–water partition coefficient (Wildman–Crippen LogP) is 1.51. The first-order valence-electron chi connectivity index (χ1n) is 4.30. The molecule has 0 aromatic rings. The standard InChI is InChI=1S/C9H16O3/c1-6-5-7(2)12-9(4,11-6)8(3)10/h6-7H,5H2,1-4H3/t6-,7-/m1/s1. The molecule has 70 valence electrons. The van der Waals surface area contributed by atoms with Gasteiger partial charge in [0.25, 0.3) is 0 Å². The lowest BCUT2D eigenvalue weighted by Crippen LogP contribution is -2.49. The summed E-state index contributed by atoms with van der Waals surface area (Å²) in [4.78, 5) is 11.2. The molecule has 12 heavy (non-hydrogen) atoms. The number of Topliss-reactive ketones (excluding diaryl/α,β-unsaturated/α-hetero) is 1. The maximum Gasteiger partial charge on any atom is 0.226 e. The van der Waals surface area contributed by atoms with Crippen LogP contribution in [0.4, 0.5) is 0 Å². The molecular formula is C9H16O3. The maximum atomic E-state index is 11.2. The molecule has 1 aliphatic heterocycles. The summed E-state index contributed by atoms with van der Waals surface area (Å²) in [6.45, 7) is 7.09. The van der Waals surface area contributed by atoms with Crippen LogP contribution in [0.5, 0.6) is 0 Å². The Kier molecular flexibility index (Phi) is 2.54. The molecule has 0 N–H and O–H groups in total. The van der Waals surface area contributed by atoms with Crippen molar-refractivity contribution in [2.75, 3.05) is 0 Å². The molecule has 0 bridgehead atoms. The van der Waals surface area contributed by atoms with Gasteiger partial charge in [-0.25, -0.2) is 0 Å². The third-order valence-corrected chi connectivity index (χ3v) is 2.16. The summed E-state index contributed by atoms with van der Waals surface area (Å²) in [6.07, 6.45) is 1.05.